The average Bonchev–Trinajstić information content (AvgIpc) is 2.93. The summed E-state index contributed by atoms with van der Waals surface area (Å²) in [6.45, 7) is 5.65. The zero-order chi connectivity index (χ0) is 15.3. The fourth-order valence-corrected chi connectivity index (χ4v) is 3.67. The van der Waals surface area contributed by atoms with Crippen LogP contribution in [0.4, 0.5) is 4.39 Å². The summed E-state index contributed by atoms with van der Waals surface area (Å²) >= 11 is 5.90. The summed E-state index contributed by atoms with van der Waals surface area (Å²) in [4.78, 5) is 0. The standard InChI is InChI=1S/C17H25ClFNO/c1-3-20-15(17(21-4-2)10-5-6-11-17)12-13-8-7-9-14(18)16(13)19/h7-9,15,20H,3-6,10-12H2,1-2H3. The van der Waals surface area contributed by atoms with Gasteiger partial charge in [-0.2, -0.15) is 0 Å². The normalized spacial score (nSPS) is 18.9. The highest BCUT2D eigenvalue weighted by Crippen LogP contribution is 2.37. The molecule has 21 heavy (non-hydrogen) atoms. The van der Waals surface area contributed by atoms with Crippen molar-refractivity contribution in [3.8, 4) is 0 Å². The van der Waals surface area contributed by atoms with Gasteiger partial charge in [0.25, 0.3) is 0 Å². The van der Waals surface area contributed by atoms with Gasteiger partial charge >= 0.3 is 0 Å². The molecule has 0 bridgehead atoms. The lowest BCUT2D eigenvalue weighted by Crippen LogP contribution is -2.52. The van der Waals surface area contributed by atoms with E-state index >= 15 is 0 Å². The van der Waals surface area contributed by atoms with Crippen molar-refractivity contribution in [1.29, 1.82) is 0 Å². The second kappa shape index (κ2) is 7.57. The first-order valence-electron chi connectivity index (χ1n) is 7.93. The van der Waals surface area contributed by atoms with Crippen LogP contribution < -0.4 is 5.32 Å². The van der Waals surface area contributed by atoms with Crippen molar-refractivity contribution in [3.63, 3.8) is 0 Å². The van der Waals surface area contributed by atoms with Gasteiger partial charge in [-0.3, -0.25) is 0 Å². The number of hydrogen-bond acceptors (Lipinski definition) is 2. The van der Waals surface area contributed by atoms with Gasteiger partial charge in [0.15, 0.2) is 0 Å². The predicted octanol–water partition coefficient (Wildman–Crippen LogP) is 4.35. The second-order valence-corrected chi connectivity index (χ2v) is 6.14. The first kappa shape index (κ1) is 16.7. The smallest absolute Gasteiger partial charge is 0.145 e. The molecule has 1 aromatic rings. The van der Waals surface area contributed by atoms with Crippen LogP contribution in [0.1, 0.15) is 45.1 Å². The van der Waals surface area contributed by atoms with E-state index in [0.29, 0.717) is 18.6 Å². The number of rotatable bonds is 7. The predicted molar refractivity (Wildman–Crippen MR) is 85.4 cm³/mol. The summed E-state index contributed by atoms with van der Waals surface area (Å²) in [5, 5.41) is 3.70. The molecule has 0 aromatic heterocycles. The second-order valence-electron chi connectivity index (χ2n) is 5.73. The maximum absolute atomic E-state index is 14.2. The van der Waals surface area contributed by atoms with Crippen LogP contribution in [-0.2, 0) is 11.2 Å². The van der Waals surface area contributed by atoms with Gasteiger partial charge in [0.1, 0.15) is 5.82 Å². The molecule has 1 aliphatic rings. The van der Waals surface area contributed by atoms with E-state index < -0.39 is 0 Å². The van der Waals surface area contributed by atoms with Gasteiger partial charge in [0.2, 0.25) is 0 Å². The third-order valence-corrected chi connectivity index (χ3v) is 4.71. The van der Waals surface area contributed by atoms with Crippen LogP contribution in [0.15, 0.2) is 18.2 Å². The topological polar surface area (TPSA) is 21.3 Å². The first-order chi connectivity index (χ1) is 10.1. The van der Waals surface area contributed by atoms with Gasteiger partial charge in [-0.1, -0.05) is 43.5 Å². The van der Waals surface area contributed by atoms with E-state index in [2.05, 4.69) is 12.2 Å². The highest BCUT2D eigenvalue weighted by atomic mass is 35.5. The van der Waals surface area contributed by atoms with E-state index in [1.807, 2.05) is 19.1 Å². The first-order valence-corrected chi connectivity index (χ1v) is 8.31. The van der Waals surface area contributed by atoms with Crippen molar-refractivity contribution in [2.24, 2.45) is 0 Å². The zero-order valence-electron chi connectivity index (χ0n) is 12.9. The lowest BCUT2D eigenvalue weighted by molar-refractivity contribution is -0.0610. The Labute approximate surface area is 132 Å². The van der Waals surface area contributed by atoms with E-state index in [-0.39, 0.29) is 22.5 Å². The highest BCUT2D eigenvalue weighted by Gasteiger charge is 2.42. The van der Waals surface area contributed by atoms with E-state index in [0.717, 1.165) is 19.4 Å². The Balaban J connectivity index is 2.23. The van der Waals surface area contributed by atoms with E-state index in [9.17, 15) is 4.39 Å². The summed E-state index contributed by atoms with van der Waals surface area (Å²) in [7, 11) is 0. The molecule has 0 aliphatic heterocycles. The summed E-state index contributed by atoms with van der Waals surface area (Å²) in [5.74, 6) is -0.299. The van der Waals surface area contributed by atoms with Crippen LogP contribution in [-0.4, -0.2) is 24.8 Å². The van der Waals surface area contributed by atoms with Crippen molar-refractivity contribution in [3.05, 3.63) is 34.6 Å². The van der Waals surface area contributed by atoms with Crippen LogP contribution in [0.3, 0.4) is 0 Å². The average molecular weight is 314 g/mol. The molecule has 0 saturated heterocycles. The van der Waals surface area contributed by atoms with E-state index in [1.54, 1.807) is 6.07 Å². The van der Waals surface area contributed by atoms with Crippen molar-refractivity contribution < 1.29 is 9.13 Å². The van der Waals surface area contributed by atoms with Gasteiger partial charge in [-0.25, -0.2) is 4.39 Å². The minimum absolute atomic E-state index is 0.123. The summed E-state index contributed by atoms with van der Waals surface area (Å²) in [6, 6.07) is 5.35. The molecule has 1 aliphatic carbocycles. The Morgan fingerprint density at radius 1 is 1.33 bits per heavy atom. The molecule has 1 N–H and O–H groups in total. The molecule has 2 rings (SSSR count). The monoisotopic (exact) mass is 313 g/mol. The number of hydrogen-bond donors (Lipinski definition) is 1. The molecule has 0 amide bonds. The molecule has 118 valence electrons. The van der Waals surface area contributed by atoms with Gasteiger partial charge in [0, 0.05) is 12.6 Å². The van der Waals surface area contributed by atoms with Crippen molar-refractivity contribution in [1.82, 2.24) is 5.32 Å². The number of nitrogens with one attached hydrogen (secondary N) is 1. The molecule has 0 radical (unpaired) electrons. The van der Waals surface area contributed by atoms with Crippen molar-refractivity contribution >= 4 is 11.6 Å². The molecule has 1 saturated carbocycles. The molecule has 1 fully saturated rings. The fourth-order valence-electron chi connectivity index (χ4n) is 3.47. The third kappa shape index (κ3) is 3.77. The number of likely N-dealkylation sites (N-methyl/N-ethyl adjacent to an activating group) is 1. The maximum atomic E-state index is 14.2. The SMILES string of the molecule is CCNC(Cc1cccc(Cl)c1F)C1(OCC)CCCC1. The Kier molecular flexibility index (Phi) is 6.03. The Morgan fingerprint density at radius 2 is 2.05 bits per heavy atom. The molecule has 1 aromatic carbocycles. The molecule has 1 atom stereocenters. The van der Waals surface area contributed by atoms with Crippen LogP contribution in [0.2, 0.25) is 5.02 Å². The largest absolute Gasteiger partial charge is 0.374 e. The zero-order valence-corrected chi connectivity index (χ0v) is 13.7. The van der Waals surface area contributed by atoms with E-state index in [4.69, 9.17) is 16.3 Å². The molecule has 4 heteroatoms. The fraction of sp³-hybridized carbons (Fsp3) is 0.647. The Morgan fingerprint density at radius 3 is 2.67 bits per heavy atom. The van der Waals surface area contributed by atoms with Crippen LogP contribution in [0, 0.1) is 5.82 Å². The van der Waals surface area contributed by atoms with Crippen LogP contribution in [0.5, 0.6) is 0 Å². The van der Waals surface area contributed by atoms with Gasteiger partial charge < -0.3 is 10.1 Å². The minimum Gasteiger partial charge on any atom is -0.374 e. The van der Waals surface area contributed by atoms with Crippen molar-refractivity contribution in [2.45, 2.75) is 57.6 Å². The maximum Gasteiger partial charge on any atom is 0.145 e. The van der Waals surface area contributed by atoms with E-state index in [1.165, 1.54) is 12.8 Å². The quantitative estimate of drug-likeness (QED) is 0.808. The molecular weight excluding hydrogens is 289 g/mol. The third-order valence-electron chi connectivity index (χ3n) is 4.42. The number of ether oxygens (including phenoxy) is 1. The molecule has 0 heterocycles. The van der Waals surface area contributed by atoms with Gasteiger partial charge in [-0.05, 0) is 44.4 Å². The van der Waals surface area contributed by atoms with Crippen LogP contribution >= 0.6 is 11.6 Å². The Bertz CT molecular complexity index is 460. The number of halogens is 2. The molecular formula is C17H25ClFNO. The highest BCUT2D eigenvalue weighted by molar-refractivity contribution is 6.30. The molecule has 2 nitrogen and oxygen atoms in total. The van der Waals surface area contributed by atoms with Crippen molar-refractivity contribution in [2.75, 3.05) is 13.2 Å². The summed E-state index contributed by atoms with van der Waals surface area (Å²) in [6.07, 6.45) is 5.06. The molecule has 0 spiro atoms. The van der Waals surface area contributed by atoms with Gasteiger partial charge in [0.05, 0.1) is 10.6 Å². The minimum atomic E-state index is -0.299. The van der Waals surface area contributed by atoms with Gasteiger partial charge in [-0.15, -0.1) is 0 Å². The lowest BCUT2D eigenvalue weighted by atomic mass is 9.87. The van der Waals surface area contributed by atoms with Crippen LogP contribution in [0.25, 0.3) is 0 Å². The summed E-state index contributed by atoms with van der Waals surface area (Å²) in [5.41, 5.74) is 0.499. The molecule has 1 unspecified atom stereocenters. The number of benzene rings is 1. The Hall–Kier alpha value is -0.640. The summed E-state index contributed by atoms with van der Waals surface area (Å²) < 4.78 is 20.3. The lowest BCUT2D eigenvalue weighted by Gasteiger charge is -2.38.